The van der Waals surface area contributed by atoms with Gasteiger partial charge in [-0.15, -0.1) is 0 Å². The Morgan fingerprint density at radius 1 is 1.00 bits per heavy atom. The van der Waals surface area contributed by atoms with Crippen molar-refractivity contribution in [1.82, 2.24) is 4.31 Å². The zero-order valence-electron chi connectivity index (χ0n) is 13.3. The summed E-state index contributed by atoms with van der Waals surface area (Å²) in [5.74, 6) is -0.0180. The van der Waals surface area contributed by atoms with Crippen LogP contribution in [-0.2, 0) is 14.8 Å². The second-order valence-electron chi connectivity index (χ2n) is 6.58. The van der Waals surface area contributed by atoms with Crippen LogP contribution in [0.5, 0.6) is 0 Å². The van der Waals surface area contributed by atoms with Crippen molar-refractivity contribution in [3.8, 4) is 0 Å². The summed E-state index contributed by atoms with van der Waals surface area (Å²) in [4.78, 5) is 11.7. The average molecular weight is 336 g/mol. The first-order valence-corrected chi connectivity index (χ1v) is 9.85. The number of amides is 1. The number of hydrogen-bond donors (Lipinski definition) is 1. The lowest BCUT2D eigenvalue weighted by atomic mass is 9.84. The van der Waals surface area contributed by atoms with E-state index in [-0.39, 0.29) is 4.90 Å². The molecule has 23 heavy (non-hydrogen) atoms. The summed E-state index contributed by atoms with van der Waals surface area (Å²) in [5.41, 5.74) is 6.56. The summed E-state index contributed by atoms with van der Waals surface area (Å²) in [5, 5.41) is 0. The number of nitrogens with two attached hydrogens (primary N) is 1. The first-order valence-electron chi connectivity index (χ1n) is 8.41. The number of hydrogen-bond acceptors (Lipinski definition) is 3. The van der Waals surface area contributed by atoms with Crippen LogP contribution in [0.3, 0.4) is 0 Å². The van der Waals surface area contributed by atoms with Crippen LogP contribution < -0.4 is 5.73 Å². The minimum atomic E-state index is -3.65. The van der Waals surface area contributed by atoms with E-state index >= 15 is 0 Å². The van der Waals surface area contributed by atoms with Crippen LogP contribution in [-0.4, -0.2) is 31.2 Å². The maximum Gasteiger partial charge on any atom is 0.243 e. The third kappa shape index (κ3) is 3.28. The Hall–Kier alpha value is -1.40. The van der Waals surface area contributed by atoms with Gasteiger partial charge in [0.25, 0.3) is 0 Å². The highest BCUT2D eigenvalue weighted by molar-refractivity contribution is 7.89. The van der Waals surface area contributed by atoms with Gasteiger partial charge in [-0.2, -0.15) is 4.31 Å². The first-order chi connectivity index (χ1) is 11.0. The van der Waals surface area contributed by atoms with E-state index in [1.807, 2.05) is 12.1 Å². The van der Waals surface area contributed by atoms with E-state index in [1.165, 1.54) is 42.0 Å². The summed E-state index contributed by atoms with van der Waals surface area (Å²) in [7, 11) is -3.65. The lowest BCUT2D eigenvalue weighted by Gasteiger charge is -2.23. The Morgan fingerprint density at radius 2 is 1.65 bits per heavy atom. The molecule has 0 spiro atoms. The molecular formula is C17H24N2O3S. The van der Waals surface area contributed by atoms with E-state index in [0.717, 1.165) is 0 Å². The summed E-state index contributed by atoms with van der Waals surface area (Å²) < 4.78 is 26.8. The first kappa shape index (κ1) is 16.5. The molecule has 1 amide bonds. The number of rotatable bonds is 4. The van der Waals surface area contributed by atoms with Gasteiger partial charge in [0.15, 0.2) is 0 Å². The summed E-state index contributed by atoms with van der Waals surface area (Å²) in [6.07, 6.45) is 7.34. The van der Waals surface area contributed by atoms with Crippen molar-refractivity contribution in [2.75, 3.05) is 6.54 Å². The van der Waals surface area contributed by atoms with E-state index in [2.05, 4.69) is 0 Å². The molecule has 0 bridgehead atoms. The van der Waals surface area contributed by atoms with Gasteiger partial charge in [0, 0.05) is 6.54 Å². The molecule has 6 heteroatoms. The molecule has 1 aromatic carbocycles. The van der Waals surface area contributed by atoms with Gasteiger partial charge >= 0.3 is 0 Å². The molecule has 2 N–H and O–H groups in total. The highest BCUT2D eigenvalue weighted by Gasteiger charge is 2.38. The van der Waals surface area contributed by atoms with Gasteiger partial charge in [-0.05, 0) is 49.3 Å². The fourth-order valence-electron chi connectivity index (χ4n) is 3.80. The molecule has 126 valence electrons. The van der Waals surface area contributed by atoms with E-state index in [1.54, 1.807) is 12.1 Å². The minimum Gasteiger partial charge on any atom is -0.368 e. The largest absolute Gasteiger partial charge is 0.368 e. The van der Waals surface area contributed by atoms with Gasteiger partial charge in [-0.25, -0.2) is 8.42 Å². The topological polar surface area (TPSA) is 80.5 Å². The number of nitrogens with zero attached hydrogens (tertiary/aromatic N) is 1. The zero-order valence-corrected chi connectivity index (χ0v) is 14.1. The molecule has 0 unspecified atom stereocenters. The van der Waals surface area contributed by atoms with Crippen LogP contribution in [0.1, 0.15) is 56.4 Å². The predicted molar refractivity (Wildman–Crippen MR) is 88.4 cm³/mol. The van der Waals surface area contributed by atoms with Crippen LogP contribution in [0.25, 0.3) is 0 Å². The van der Waals surface area contributed by atoms with Crippen molar-refractivity contribution in [2.24, 2.45) is 5.73 Å². The Morgan fingerprint density at radius 3 is 2.26 bits per heavy atom. The predicted octanol–water partition coefficient (Wildman–Crippen LogP) is 2.37. The summed E-state index contributed by atoms with van der Waals surface area (Å²) >= 11 is 0. The van der Waals surface area contributed by atoms with E-state index in [0.29, 0.717) is 25.3 Å². The molecular weight excluding hydrogens is 312 g/mol. The average Bonchev–Trinajstić information content (AvgIpc) is 3.07. The fourth-order valence-corrected chi connectivity index (χ4v) is 5.46. The molecule has 1 aliphatic carbocycles. The number of benzene rings is 1. The highest BCUT2D eigenvalue weighted by atomic mass is 32.2. The van der Waals surface area contributed by atoms with Gasteiger partial charge < -0.3 is 5.73 Å². The Bertz CT molecular complexity index is 664. The molecule has 3 rings (SSSR count). The zero-order chi connectivity index (χ0) is 16.4. The molecule has 1 saturated heterocycles. The lowest BCUT2D eigenvalue weighted by molar-refractivity contribution is -0.121. The van der Waals surface area contributed by atoms with Crippen LogP contribution in [0.15, 0.2) is 29.2 Å². The maximum atomic E-state index is 12.8. The second-order valence-corrected chi connectivity index (χ2v) is 8.47. The lowest BCUT2D eigenvalue weighted by Crippen LogP contribution is -2.43. The molecule has 2 aliphatic rings. The number of primary amides is 1. The minimum absolute atomic E-state index is 0.255. The molecule has 2 fully saturated rings. The summed E-state index contributed by atoms with van der Waals surface area (Å²) in [6, 6.07) is 6.50. The van der Waals surface area contributed by atoms with Crippen LogP contribution >= 0.6 is 0 Å². The highest BCUT2D eigenvalue weighted by Crippen LogP contribution is 2.33. The van der Waals surface area contributed by atoms with E-state index in [4.69, 9.17) is 5.73 Å². The number of carbonyl (C=O) groups excluding carboxylic acids is 1. The van der Waals surface area contributed by atoms with Gasteiger partial charge in [0.2, 0.25) is 15.9 Å². The monoisotopic (exact) mass is 336 g/mol. The quantitative estimate of drug-likeness (QED) is 0.916. The van der Waals surface area contributed by atoms with Gasteiger partial charge in [-0.3, -0.25) is 4.79 Å². The maximum absolute atomic E-state index is 12.8. The molecule has 0 aromatic heterocycles. The second kappa shape index (κ2) is 6.61. The smallest absolute Gasteiger partial charge is 0.243 e. The molecule has 5 nitrogen and oxygen atoms in total. The van der Waals surface area contributed by atoms with Crippen LogP contribution in [0, 0.1) is 0 Å². The number of carbonyl (C=O) groups is 1. The van der Waals surface area contributed by atoms with Crippen molar-refractivity contribution in [2.45, 2.75) is 61.8 Å². The Labute approximate surface area is 137 Å². The molecule has 1 heterocycles. The Balaban J connectivity index is 1.81. The van der Waals surface area contributed by atoms with Crippen molar-refractivity contribution >= 4 is 15.9 Å². The molecule has 0 radical (unpaired) electrons. The van der Waals surface area contributed by atoms with Crippen molar-refractivity contribution in [3.63, 3.8) is 0 Å². The van der Waals surface area contributed by atoms with Gasteiger partial charge in [-0.1, -0.05) is 31.4 Å². The fraction of sp³-hybridized carbons (Fsp3) is 0.588. The van der Waals surface area contributed by atoms with E-state index < -0.39 is 22.0 Å². The third-order valence-electron chi connectivity index (χ3n) is 5.10. The van der Waals surface area contributed by atoms with E-state index in [9.17, 15) is 13.2 Å². The normalized spacial score (nSPS) is 23.9. The molecule has 1 aliphatic heterocycles. The van der Waals surface area contributed by atoms with Crippen molar-refractivity contribution < 1.29 is 13.2 Å². The third-order valence-corrected chi connectivity index (χ3v) is 7.02. The standard InChI is InChI=1S/C17H24N2O3S/c18-17(20)16-7-4-12-19(16)23(21,22)15-10-8-14(9-11-15)13-5-2-1-3-6-13/h8-11,13,16H,1-7,12H2,(H2,18,20)/t16-/m1/s1. The molecule has 1 saturated carbocycles. The molecule has 1 atom stereocenters. The van der Waals surface area contributed by atoms with Gasteiger partial charge in [0.05, 0.1) is 4.90 Å². The number of sulfonamides is 1. The SMILES string of the molecule is NC(=O)[C@H]1CCCN1S(=O)(=O)c1ccc(C2CCCCC2)cc1. The van der Waals surface area contributed by atoms with Crippen LogP contribution in [0.2, 0.25) is 0 Å². The van der Waals surface area contributed by atoms with Crippen molar-refractivity contribution in [3.05, 3.63) is 29.8 Å². The van der Waals surface area contributed by atoms with Crippen LogP contribution in [0.4, 0.5) is 0 Å². The Kier molecular flexibility index (Phi) is 4.73. The van der Waals surface area contributed by atoms with Crippen molar-refractivity contribution in [1.29, 1.82) is 0 Å². The molecule has 1 aromatic rings. The summed E-state index contributed by atoms with van der Waals surface area (Å²) in [6.45, 7) is 0.361. The van der Waals surface area contributed by atoms with Gasteiger partial charge in [0.1, 0.15) is 6.04 Å².